The van der Waals surface area contributed by atoms with Crippen molar-refractivity contribution in [3.63, 3.8) is 0 Å². The molecule has 4 rings (SSSR count). The number of methoxy groups -OCH3 is 1. The molecule has 0 aliphatic carbocycles. The maximum Gasteiger partial charge on any atom is 0.338 e. The summed E-state index contributed by atoms with van der Waals surface area (Å²) < 4.78 is 19.4. The van der Waals surface area contributed by atoms with E-state index in [9.17, 15) is 9.59 Å². The molecule has 0 saturated heterocycles. The summed E-state index contributed by atoms with van der Waals surface area (Å²) in [5.41, 5.74) is 2.36. The van der Waals surface area contributed by atoms with Crippen LogP contribution in [0.2, 0.25) is 0 Å². The van der Waals surface area contributed by atoms with Crippen molar-refractivity contribution < 1.29 is 19.0 Å². The van der Waals surface area contributed by atoms with E-state index >= 15 is 0 Å². The minimum absolute atomic E-state index is 0.230. The molecule has 0 unspecified atom stereocenters. The second kappa shape index (κ2) is 11.3. The third-order valence-electron chi connectivity index (χ3n) is 5.68. The summed E-state index contributed by atoms with van der Waals surface area (Å²) in [6.45, 7) is 6.73. The fourth-order valence-corrected chi connectivity index (χ4v) is 5.78. The van der Waals surface area contributed by atoms with E-state index in [1.54, 1.807) is 4.57 Å². The first kappa shape index (κ1) is 25.9. The van der Waals surface area contributed by atoms with E-state index in [1.807, 2.05) is 69.3 Å². The summed E-state index contributed by atoms with van der Waals surface area (Å²) in [5.74, 6) is 0.726. The number of esters is 1. The number of benzene rings is 2. The van der Waals surface area contributed by atoms with Gasteiger partial charge in [-0.15, -0.1) is 0 Å². The van der Waals surface area contributed by atoms with Crippen LogP contribution >= 0.6 is 27.3 Å². The van der Waals surface area contributed by atoms with Gasteiger partial charge in [-0.1, -0.05) is 48.6 Å². The lowest BCUT2D eigenvalue weighted by molar-refractivity contribution is -0.136. The molecule has 1 aliphatic heterocycles. The molecule has 1 aliphatic rings. The van der Waals surface area contributed by atoms with Crippen molar-refractivity contribution in [2.24, 2.45) is 4.99 Å². The number of fused-ring (bicyclic) bond motifs is 1. The van der Waals surface area contributed by atoms with Gasteiger partial charge in [-0.25, -0.2) is 9.79 Å². The predicted octanol–water partition coefficient (Wildman–Crippen LogP) is 4.36. The molecule has 0 bridgehead atoms. The molecule has 0 amide bonds. The molecule has 1 atom stereocenters. The van der Waals surface area contributed by atoms with Gasteiger partial charge in [0.25, 0.3) is 5.56 Å². The Morgan fingerprint density at radius 2 is 1.86 bits per heavy atom. The Bertz CT molecular complexity index is 1490. The van der Waals surface area contributed by atoms with Crippen molar-refractivity contribution in [2.45, 2.75) is 33.2 Å². The number of nitrogens with zero attached hydrogens (tertiary/aromatic N) is 2. The second-order valence-electron chi connectivity index (χ2n) is 7.89. The molecule has 7 nitrogen and oxygen atoms in total. The standard InChI is InChI=1S/C27H27BrN2O5S/c1-5-19-22(26(32)33-4)23(17-11-9-8-10-12-17)30-25(31)21(36-27(30)29-19)15-16-13-18(28)24(35-7-3)20(14-16)34-6-2/h8-15,23H,5-7H2,1-4H3/b21-15+/t23-/m1/s1. The summed E-state index contributed by atoms with van der Waals surface area (Å²) >= 11 is 4.86. The van der Waals surface area contributed by atoms with E-state index in [1.165, 1.54) is 18.4 Å². The largest absolute Gasteiger partial charge is 0.490 e. The zero-order valence-electron chi connectivity index (χ0n) is 20.5. The molecule has 0 fully saturated rings. The van der Waals surface area contributed by atoms with Gasteiger partial charge < -0.3 is 14.2 Å². The average Bonchev–Trinajstić information content (AvgIpc) is 3.19. The fraction of sp³-hybridized carbons (Fsp3) is 0.296. The van der Waals surface area contributed by atoms with Gasteiger partial charge in [0.1, 0.15) is 0 Å². The Hall–Kier alpha value is -3.17. The van der Waals surface area contributed by atoms with Crippen LogP contribution in [0.15, 0.2) is 68.0 Å². The van der Waals surface area contributed by atoms with Crippen molar-refractivity contribution in [1.82, 2.24) is 4.57 Å². The third-order valence-corrected chi connectivity index (χ3v) is 7.26. The topological polar surface area (TPSA) is 79.1 Å². The van der Waals surface area contributed by atoms with E-state index in [4.69, 9.17) is 19.2 Å². The first-order chi connectivity index (χ1) is 17.4. The first-order valence-electron chi connectivity index (χ1n) is 11.7. The van der Waals surface area contributed by atoms with E-state index < -0.39 is 12.0 Å². The number of rotatable bonds is 8. The molecule has 0 spiro atoms. The normalized spacial score (nSPS) is 15.4. The highest BCUT2D eigenvalue weighted by Gasteiger charge is 2.33. The van der Waals surface area contributed by atoms with Gasteiger partial charge in [0.05, 0.1) is 46.6 Å². The van der Waals surface area contributed by atoms with Crippen LogP contribution in [0.5, 0.6) is 11.5 Å². The molecule has 9 heteroatoms. The zero-order chi connectivity index (χ0) is 25.8. The highest BCUT2D eigenvalue weighted by Crippen LogP contribution is 2.37. The van der Waals surface area contributed by atoms with Crippen molar-refractivity contribution in [1.29, 1.82) is 0 Å². The summed E-state index contributed by atoms with van der Waals surface area (Å²) in [6, 6.07) is 12.6. The van der Waals surface area contributed by atoms with Crippen molar-refractivity contribution in [3.05, 3.63) is 89.0 Å². The highest BCUT2D eigenvalue weighted by molar-refractivity contribution is 9.10. The Morgan fingerprint density at radius 1 is 1.14 bits per heavy atom. The van der Waals surface area contributed by atoms with E-state index in [0.29, 0.717) is 51.7 Å². The molecule has 0 N–H and O–H groups in total. The summed E-state index contributed by atoms with van der Waals surface area (Å²) in [6.07, 6.45) is 2.34. The SMILES string of the molecule is CCOc1cc(/C=c2/sc3n(c2=O)[C@H](c2ccccc2)C(C(=O)OC)=C(CC)N=3)cc(Br)c1OCC. The molecular formula is C27H27BrN2O5S. The van der Waals surface area contributed by atoms with Gasteiger partial charge in [-0.05, 0) is 65.5 Å². The Kier molecular flexibility index (Phi) is 8.11. The first-order valence-corrected chi connectivity index (χ1v) is 13.3. The van der Waals surface area contributed by atoms with Crippen LogP contribution in [0.25, 0.3) is 6.08 Å². The smallest absolute Gasteiger partial charge is 0.338 e. The number of halogens is 1. The minimum Gasteiger partial charge on any atom is -0.490 e. The lowest BCUT2D eigenvalue weighted by Gasteiger charge is -2.25. The van der Waals surface area contributed by atoms with Crippen molar-refractivity contribution in [2.75, 3.05) is 20.3 Å². The van der Waals surface area contributed by atoms with Gasteiger partial charge in [-0.2, -0.15) is 0 Å². The van der Waals surface area contributed by atoms with E-state index in [2.05, 4.69) is 15.9 Å². The van der Waals surface area contributed by atoms with Crippen LogP contribution in [0, 0.1) is 0 Å². The van der Waals surface area contributed by atoms with Gasteiger partial charge in [0.2, 0.25) is 0 Å². The molecule has 36 heavy (non-hydrogen) atoms. The van der Waals surface area contributed by atoms with Crippen LogP contribution in [0.3, 0.4) is 0 Å². The summed E-state index contributed by atoms with van der Waals surface area (Å²) in [7, 11) is 1.34. The number of allylic oxidation sites excluding steroid dienone is 1. The number of carbonyl (C=O) groups is 1. The molecule has 2 aromatic carbocycles. The average molecular weight is 571 g/mol. The third kappa shape index (κ3) is 4.90. The van der Waals surface area contributed by atoms with Gasteiger partial charge >= 0.3 is 5.97 Å². The molecule has 3 aromatic rings. The van der Waals surface area contributed by atoms with Crippen LogP contribution < -0.4 is 24.4 Å². The Balaban J connectivity index is 1.94. The number of carbonyl (C=O) groups excluding carboxylic acids is 1. The predicted molar refractivity (Wildman–Crippen MR) is 143 cm³/mol. The Morgan fingerprint density at radius 3 is 2.50 bits per heavy atom. The maximum atomic E-state index is 13.8. The monoisotopic (exact) mass is 570 g/mol. The number of hydrogen-bond acceptors (Lipinski definition) is 7. The molecule has 188 valence electrons. The van der Waals surface area contributed by atoms with Crippen LogP contribution in [-0.4, -0.2) is 30.9 Å². The van der Waals surface area contributed by atoms with Crippen LogP contribution in [0.4, 0.5) is 0 Å². The number of aromatic nitrogens is 1. The molecule has 2 heterocycles. The van der Waals surface area contributed by atoms with Crippen LogP contribution in [0.1, 0.15) is 44.4 Å². The number of hydrogen-bond donors (Lipinski definition) is 0. The quantitative estimate of drug-likeness (QED) is 0.376. The van der Waals surface area contributed by atoms with E-state index in [-0.39, 0.29) is 5.56 Å². The van der Waals surface area contributed by atoms with E-state index in [0.717, 1.165) is 15.6 Å². The molecule has 0 saturated carbocycles. The molecule has 1 aromatic heterocycles. The summed E-state index contributed by atoms with van der Waals surface area (Å²) in [5, 5.41) is 0. The molecular weight excluding hydrogens is 544 g/mol. The van der Waals surface area contributed by atoms with Gasteiger partial charge in [0.15, 0.2) is 16.3 Å². The van der Waals surface area contributed by atoms with Crippen LogP contribution in [-0.2, 0) is 9.53 Å². The van der Waals surface area contributed by atoms with Crippen molar-refractivity contribution in [3.8, 4) is 11.5 Å². The fourth-order valence-electron chi connectivity index (χ4n) is 4.18. The van der Waals surface area contributed by atoms with Crippen molar-refractivity contribution >= 4 is 39.3 Å². The summed E-state index contributed by atoms with van der Waals surface area (Å²) in [4.78, 5) is 31.9. The zero-order valence-corrected chi connectivity index (χ0v) is 22.9. The lowest BCUT2D eigenvalue weighted by Crippen LogP contribution is -2.40. The number of ether oxygens (including phenoxy) is 3. The second-order valence-corrected chi connectivity index (χ2v) is 9.76. The minimum atomic E-state index is -0.627. The number of thiazole rings is 1. The van der Waals surface area contributed by atoms with Gasteiger partial charge in [-0.3, -0.25) is 9.36 Å². The van der Waals surface area contributed by atoms with Gasteiger partial charge in [0, 0.05) is 0 Å². The highest BCUT2D eigenvalue weighted by atomic mass is 79.9. The molecule has 0 radical (unpaired) electrons. The Labute approximate surface area is 221 Å². The lowest BCUT2D eigenvalue weighted by atomic mass is 9.95. The maximum absolute atomic E-state index is 13.8.